The van der Waals surface area contributed by atoms with Gasteiger partial charge in [0.25, 0.3) is 11.8 Å². The van der Waals surface area contributed by atoms with Crippen molar-refractivity contribution in [3.8, 4) is 0 Å². The number of benzene rings is 1. The third kappa shape index (κ3) is 6.03. The minimum atomic E-state index is -0.825. The van der Waals surface area contributed by atoms with Gasteiger partial charge in [-0.1, -0.05) is 18.9 Å². The average Bonchev–Trinajstić information content (AvgIpc) is 3.08. The van der Waals surface area contributed by atoms with E-state index in [0.29, 0.717) is 18.7 Å². The summed E-state index contributed by atoms with van der Waals surface area (Å²) >= 11 is 0. The van der Waals surface area contributed by atoms with Gasteiger partial charge in [0.1, 0.15) is 5.84 Å². The molecular formula is C24H31N5O6. The van der Waals surface area contributed by atoms with Crippen LogP contribution in [-0.2, 0) is 19.1 Å². The summed E-state index contributed by atoms with van der Waals surface area (Å²) in [4.78, 5) is 64.0. The van der Waals surface area contributed by atoms with Gasteiger partial charge >= 0.3 is 5.97 Å². The summed E-state index contributed by atoms with van der Waals surface area (Å²) in [6.07, 6.45) is 4.00. The molecule has 0 spiro atoms. The Morgan fingerprint density at radius 3 is 2.63 bits per heavy atom. The number of carbonyl (C=O) groups is 5. The van der Waals surface area contributed by atoms with Crippen LogP contribution < -0.4 is 15.5 Å². The number of piperidine rings is 1. The summed E-state index contributed by atoms with van der Waals surface area (Å²) in [6.45, 7) is 0.494. The van der Waals surface area contributed by atoms with E-state index < -0.39 is 17.9 Å². The van der Waals surface area contributed by atoms with Gasteiger partial charge in [-0.3, -0.25) is 34.3 Å². The lowest BCUT2D eigenvalue weighted by Gasteiger charge is -2.30. The Labute approximate surface area is 203 Å². The van der Waals surface area contributed by atoms with Crippen molar-refractivity contribution >= 4 is 41.1 Å². The number of amides is 4. The molecule has 1 aromatic carbocycles. The number of rotatable bonds is 11. The second-order valence-electron chi connectivity index (χ2n) is 8.64. The second kappa shape index (κ2) is 11.6. The summed E-state index contributed by atoms with van der Waals surface area (Å²) in [5.74, 6) is -1.97. The van der Waals surface area contributed by atoms with Crippen LogP contribution in [0.2, 0.25) is 0 Å². The van der Waals surface area contributed by atoms with Crippen molar-refractivity contribution in [1.29, 1.82) is 5.41 Å². The third-order valence-corrected chi connectivity index (χ3v) is 6.14. The molecular weight excluding hydrogens is 454 g/mol. The smallest absolute Gasteiger partial charge is 0.305 e. The molecule has 11 heteroatoms. The molecule has 0 aliphatic carbocycles. The lowest BCUT2D eigenvalue weighted by atomic mass is 10.0. The van der Waals surface area contributed by atoms with E-state index >= 15 is 0 Å². The minimum Gasteiger partial charge on any atom is -0.469 e. The molecule has 2 aliphatic rings. The number of likely N-dealkylation sites (N-methyl/N-ethyl adjacent to an activating group) is 1. The normalized spacial score (nSPS) is 17.2. The fourth-order valence-electron chi connectivity index (χ4n) is 4.29. The van der Waals surface area contributed by atoms with Crippen molar-refractivity contribution in [3.63, 3.8) is 0 Å². The van der Waals surface area contributed by atoms with Gasteiger partial charge in [0.05, 0.1) is 36.5 Å². The van der Waals surface area contributed by atoms with Gasteiger partial charge in [-0.2, -0.15) is 0 Å². The van der Waals surface area contributed by atoms with Crippen LogP contribution in [0.15, 0.2) is 18.2 Å². The molecule has 3 rings (SSSR count). The maximum Gasteiger partial charge on any atom is 0.305 e. The highest BCUT2D eigenvalue weighted by molar-refractivity contribution is 6.25. The molecule has 4 amide bonds. The molecule has 188 valence electrons. The number of anilines is 1. The van der Waals surface area contributed by atoms with Gasteiger partial charge in [-0.15, -0.1) is 0 Å². The lowest BCUT2D eigenvalue weighted by Crippen LogP contribution is -2.54. The molecule has 1 unspecified atom stereocenters. The van der Waals surface area contributed by atoms with E-state index in [-0.39, 0.29) is 54.1 Å². The zero-order valence-electron chi connectivity index (χ0n) is 20.0. The summed E-state index contributed by atoms with van der Waals surface area (Å²) in [6, 6.07) is 4.06. The number of unbranched alkanes of at least 4 members (excludes halogenated alkanes) is 3. The lowest BCUT2D eigenvalue weighted by molar-refractivity contribution is -0.140. The van der Waals surface area contributed by atoms with Crippen LogP contribution >= 0.6 is 0 Å². The number of amidine groups is 1. The highest BCUT2D eigenvalue weighted by Crippen LogP contribution is 2.33. The molecule has 2 heterocycles. The summed E-state index contributed by atoms with van der Waals surface area (Å²) in [5.41, 5.74) is 0.868. The van der Waals surface area contributed by atoms with Gasteiger partial charge < -0.3 is 20.3 Å². The number of methoxy groups -OCH3 is 1. The van der Waals surface area contributed by atoms with E-state index in [0.717, 1.165) is 30.6 Å². The molecule has 1 aromatic rings. The fraction of sp³-hybridized carbons (Fsp3) is 0.500. The summed E-state index contributed by atoms with van der Waals surface area (Å²) in [5, 5.41) is 13.3. The van der Waals surface area contributed by atoms with Crippen molar-refractivity contribution in [1.82, 2.24) is 15.5 Å². The Balaban J connectivity index is 1.56. The van der Waals surface area contributed by atoms with E-state index in [4.69, 9.17) is 5.41 Å². The van der Waals surface area contributed by atoms with Crippen molar-refractivity contribution in [2.24, 2.45) is 0 Å². The van der Waals surface area contributed by atoms with Crippen LogP contribution in [0.1, 0.15) is 65.7 Å². The monoisotopic (exact) mass is 485 g/mol. The number of fused-ring (bicyclic) bond motifs is 1. The fourth-order valence-corrected chi connectivity index (χ4v) is 4.29. The molecule has 0 saturated carbocycles. The number of hydrogen-bond donors (Lipinski definition) is 3. The largest absolute Gasteiger partial charge is 0.469 e. The van der Waals surface area contributed by atoms with Crippen LogP contribution in [0, 0.1) is 5.41 Å². The van der Waals surface area contributed by atoms with E-state index in [2.05, 4.69) is 15.4 Å². The van der Waals surface area contributed by atoms with Crippen LogP contribution in [0.3, 0.4) is 0 Å². The first-order valence-electron chi connectivity index (χ1n) is 11.7. The van der Waals surface area contributed by atoms with Crippen molar-refractivity contribution in [2.45, 2.75) is 51.0 Å². The standard InChI is InChI=1S/C24H31N5O6/c1-28(14-19(31)26-13-6-4-3-5-10-20(32)35-2)16-9-7-8-15-21(16)24(34)29(23(15)33)17-11-12-18(30)27-22(17)25/h7-9,17H,3-6,10-14H2,1-2H3,(H,26,31)(H2,25,27,30). The van der Waals surface area contributed by atoms with Crippen LogP contribution in [-0.4, -0.2) is 73.6 Å². The first-order chi connectivity index (χ1) is 16.7. The van der Waals surface area contributed by atoms with Gasteiger partial charge in [0, 0.05) is 26.4 Å². The number of imide groups is 1. The zero-order valence-corrected chi connectivity index (χ0v) is 20.0. The molecule has 35 heavy (non-hydrogen) atoms. The average molecular weight is 486 g/mol. The second-order valence-corrected chi connectivity index (χ2v) is 8.64. The Kier molecular flexibility index (Phi) is 8.56. The maximum atomic E-state index is 13.2. The Morgan fingerprint density at radius 1 is 1.17 bits per heavy atom. The molecule has 0 bridgehead atoms. The number of ether oxygens (including phenoxy) is 1. The zero-order chi connectivity index (χ0) is 25.5. The van der Waals surface area contributed by atoms with Crippen molar-refractivity contribution in [3.05, 3.63) is 29.3 Å². The summed E-state index contributed by atoms with van der Waals surface area (Å²) < 4.78 is 4.60. The predicted octanol–water partition coefficient (Wildman–Crippen LogP) is 1.21. The van der Waals surface area contributed by atoms with Gasteiger partial charge in [0.15, 0.2) is 0 Å². The van der Waals surface area contributed by atoms with Crippen molar-refractivity contribution < 1.29 is 28.7 Å². The molecule has 1 saturated heterocycles. The van der Waals surface area contributed by atoms with E-state index in [1.165, 1.54) is 7.11 Å². The molecule has 3 N–H and O–H groups in total. The number of hydrogen-bond acceptors (Lipinski definition) is 8. The number of carbonyl (C=O) groups excluding carboxylic acids is 5. The highest BCUT2D eigenvalue weighted by Gasteiger charge is 2.44. The predicted molar refractivity (Wildman–Crippen MR) is 127 cm³/mol. The maximum absolute atomic E-state index is 13.2. The van der Waals surface area contributed by atoms with Crippen molar-refractivity contribution in [2.75, 3.05) is 32.1 Å². The Morgan fingerprint density at radius 2 is 1.91 bits per heavy atom. The molecule has 2 aliphatic heterocycles. The SMILES string of the molecule is COC(=O)CCCCCCNC(=O)CN(C)c1cccc2c1C(=O)N(C1CCC(=O)NC1=N)C2=O. The third-order valence-electron chi connectivity index (χ3n) is 6.14. The number of nitrogens with zero attached hydrogens (tertiary/aromatic N) is 2. The number of nitrogens with one attached hydrogen (secondary N) is 3. The number of esters is 1. The molecule has 1 fully saturated rings. The van der Waals surface area contributed by atoms with E-state index in [9.17, 15) is 24.0 Å². The minimum absolute atomic E-state index is 0.00439. The molecule has 11 nitrogen and oxygen atoms in total. The molecule has 0 radical (unpaired) electrons. The topological polar surface area (TPSA) is 149 Å². The first kappa shape index (κ1) is 25.9. The van der Waals surface area contributed by atoms with E-state index in [1.807, 2.05) is 0 Å². The summed E-state index contributed by atoms with van der Waals surface area (Å²) in [7, 11) is 3.04. The van der Waals surface area contributed by atoms with Crippen LogP contribution in [0.4, 0.5) is 5.69 Å². The quantitative estimate of drug-likeness (QED) is 0.242. The Hall–Kier alpha value is -3.76. The molecule has 0 aromatic heterocycles. The first-order valence-corrected chi connectivity index (χ1v) is 11.7. The van der Waals surface area contributed by atoms with Gasteiger partial charge in [-0.25, -0.2) is 0 Å². The van der Waals surface area contributed by atoms with Crippen LogP contribution in [0.25, 0.3) is 0 Å². The highest BCUT2D eigenvalue weighted by atomic mass is 16.5. The molecule has 1 atom stereocenters. The van der Waals surface area contributed by atoms with Crippen LogP contribution in [0.5, 0.6) is 0 Å². The van der Waals surface area contributed by atoms with Gasteiger partial charge in [-0.05, 0) is 31.4 Å². The van der Waals surface area contributed by atoms with E-state index in [1.54, 1.807) is 30.1 Å². The van der Waals surface area contributed by atoms with Gasteiger partial charge in [0.2, 0.25) is 11.8 Å². The Bertz CT molecular complexity index is 1040.